The summed E-state index contributed by atoms with van der Waals surface area (Å²) in [6.07, 6.45) is 9.96. The molecule has 1 heterocycles. The highest BCUT2D eigenvalue weighted by molar-refractivity contribution is 5.94. The number of hydrogen-bond acceptors (Lipinski definition) is 3. The number of aryl methyl sites for hydroxylation is 1. The van der Waals surface area contributed by atoms with Crippen LogP contribution in [0.25, 0.3) is 17.7 Å². The molecule has 4 heteroatoms. The molecule has 0 saturated carbocycles. The largest absolute Gasteiger partial charge is 0.303 e. The van der Waals surface area contributed by atoms with Crippen molar-refractivity contribution in [2.45, 2.75) is 32.1 Å². The van der Waals surface area contributed by atoms with Gasteiger partial charge in [0.1, 0.15) is 0 Å². The molecular formula is C30H30N2O2. The number of non-ortho nitro benzene ring substituents is 1. The first-order valence-electron chi connectivity index (χ1n) is 12.2. The molecule has 0 aromatic heterocycles. The Morgan fingerprint density at radius 3 is 1.94 bits per heavy atom. The van der Waals surface area contributed by atoms with Crippen molar-refractivity contribution in [2.24, 2.45) is 0 Å². The van der Waals surface area contributed by atoms with Gasteiger partial charge in [-0.2, -0.15) is 0 Å². The number of nitro benzene ring substituents is 1. The monoisotopic (exact) mass is 450 g/mol. The number of benzene rings is 3. The van der Waals surface area contributed by atoms with Crippen molar-refractivity contribution < 1.29 is 4.92 Å². The minimum atomic E-state index is -0.341. The fourth-order valence-corrected chi connectivity index (χ4v) is 5.19. The fraction of sp³-hybridized carbons (Fsp3) is 0.267. The van der Waals surface area contributed by atoms with Crippen molar-refractivity contribution in [3.8, 4) is 0 Å². The average molecular weight is 451 g/mol. The van der Waals surface area contributed by atoms with Gasteiger partial charge in [0.2, 0.25) is 0 Å². The molecule has 4 nitrogen and oxygen atoms in total. The second-order valence-corrected chi connectivity index (χ2v) is 9.21. The highest BCUT2D eigenvalue weighted by Gasteiger charge is 2.22. The zero-order valence-corrected chi connectivity index (χ0v) is 19.5. The maximum atomic E-state index is 10.8. The SMILES string of the molecule is O=[N+]([O-])c1ccc(CCCCN2CCC(=C3c4ccccc4C=Cc4ccccc43)CC2)cc1. The molecule has 5 rings (SSSR count). The van der Waals surface area contributed by atoms with E-state index in [1.165, 1.54) is 33.4 Å². The minimum Gasteiger partial charge on any atom is -0.303 e. The Hall–Kier alpha value is -3.50. The molecule has 1 fully saturated rings. The van der Waals surface area contributed by atoms with Crippen LogP contribution in [-0.4, -0.2) is 29.5 Å². The highest BCUT2D eigenvalue weighted by atomic mass is 16.6. The normalized spacial score (nSPS) is 15.5. The Balaban J connectivity index is 1.22. The molecule has 3 aromatic rings. The number of rotatable bonds is 6. The second kappa shape index (κ2) is 10.2. The summed E-state index contributed by atoms with van der Waals surface area (Å²) in [7, 11) is 0. The van der Waals surface area contributed by atoms with E-state index in [9.17, 15) is 10.1 Å². The molecule has 34 heavy (non-hydrogen) atoms. The summed E-state index contributed by atoms with van der Waals surface area (Å²) >= 11 is 0. The van der Waals surface area contributed by atoms with Crippen LogP contribution < -0.4 is 0 Å². The molecule has 0 bridgehead atoms. The molecule has 2 aliphatic rings. The van der Waals surface area contributed by atoms with Gasteiger partial charge in [-0.25, -0.2) is 0 Å². The van der Waals surface area contributed by atoms with E-state index in [1.807, 2.05) is 12.1 Å². The first-order valence-corrected chi connectivity index (χ1v) is 12.2. The standard InChI is InChI=1S/C30H30N2O2/c33-32(34)27-16-12-23(13-17-27)7-5-6-20-31-21-18-26(19-22-31)30-28-10-3-1-8-24(28)14-15-25-9-2-4-11-29(25)30/h1-4,8-17H,5-7,18-22H2. The molecule has 1 aliphatic heterocycles. The van der Waals surface area contributed by atoms with E-state index in [0.29, 0.717) is 0 Å². The van der Waals surface area contributed by atoms with Crippen molar-refractivity contribution in [2.75, 3.05) is 19.6 Å². The summed E-state index contributed by atoms with van der Waals surface area (Å²) in [6.45, 7) is 3.33. The molecule has 0 amide bonds. The average Bonchev–Trinajstić information content (AvgIpc) is 3.04. The Bertz CT molecular complexity index is 1180. The van der Waals surface area contributed by atoms with E-state index >= 15 is 0 Å². The van der Waals surface area contributed by atoms with Gasteiger partial charge in [0.15, 0.2) is 0 Å². The summed E-state index contributed by atoms with van der Waals surface area (Å²) in [6, 6.07) is 24.5. The van der Waals surface area contributed by atoms with Crippen LogP contribution in [0.5, 0.6) is 0 Å². The molecule has 0 radical (unpaired) electrons. The Morgan fingerprint density at radius 1 is 0.765 bits per heavy atom. The lowest BCUT2D eigenvalue weighted by atomic mass is 9.86. The third kappa shape index (κ3) is 4.87. The van der Waals surface area contributed by atoms with Gasteiger partial charge in [0, 0.05) is 25.2 Å². The van der Waals surface area contributed by atoms with Crippen molar-refractivity contribution in [3.05, 3.63) is 116 Å². The molecule has 0 atom stereocenters. The second-order valence-electron chi connectivity index (χ2n) is 9.21. The van der Waals surface area contributed by atoms with Crippen LogP contribution in [-0.2, 0) is 6.42 Å². The van der Waals surface area contributed by atoms with Crippen molar-refractivity contribution in [3.63, 3.8) is 0 Å². The van der Waals surface area contributed by atoms with Crippen LogP contribution in [0.1, 0.15) is 53.5 Å². The van der Waals surface area contributed by atoms with Gasteiger partial charge in [-0.3, -0.25) is 10.1 Å². The van der Waals surface area contributed by atoms with Gasteiger partial charge < -0.3 is 4.90 Å². The molecular weight excluding hydrogens is 420 g/mol. The van der Waals surface area contributed by atoms with Gasteiger partial charge in [0.25, 0.3) is 5.69 Å². The van der Waals surface area contributed by atoms with Crippen LogP contribution in [0.15, 0.2) is 78.4 Å². The number of nitrogens with zero attached hydrogens (tertiary/aromatic N) is 2. The predicted molar refractivity (Wildman–Crippen MR) is 140 cm³/mol. The van der Waals surface area contributed by atoms with E-state index in [4.69, 9.17) is 0 Å². The van der Waals surface area contributed by atoms with Crippen LogP contribution >= 0.6 is 0 Å². The van der Waals surface area contributed by atoms with E-state index in [0.717, 1.165) is 51.7 Å². The number of fused-ring (bicyclic) bond motifs is 2. The molecule has 1 saturated heterocycles. The van der Waals surface area contributed by atoms with Gasteiger partial charge in [0.05, 0.1) is 4.92 Å². The number of unbranched alkanes of at least 4 members (excludes halogenated alkanes) is 1. The first-order chi connectivity index (χ1) is 16.7. The zero-order chi connectivity index (χ0) is 23.3. The van der Waals surface area contributed by atoms with Gasteiger partial charge in [-0.05, 0) is 72.0 Å². The first kappa shape index (κ1) is 22.3. The topological polar surface area (TPSA) is 46.4 Å². The molecule has 3 aromatic carbocycles. The van der Waals surface area contributed by atoms with Gasteiger partial charge in [-0.15, -0.1) is 0 Å². The van der Waals surface area contributed by atoms with Crippen molar-refractivity contribution in [1.82, 2.24) is 4.90 Å². The summed E-state index contributed by atoms with van der Waals surface area (Å²) < 4.78 is 0. The summed E-state index contributed by atoms with van der Waals surface area (Å²) in [5, 5.41) is 10.8. The fourth-order valence-electron chi connectivity index (χ4n) is 5.19. The van der Waals surface area contributed by atoms with Crippen LogP contribution in [0.2, 0.25) is 0 Å². The molecule has 172 valence electrons. The van der Waals surface area contributed by atoms with Gasteiger partial charge >= 0.3 is 0 Å². The van der Waals surface area contributed by atoms with E-state index in [-0.39, 0.29) is 10.6 Å². The van der Waals surface area contributed by atoms with Gasteiger partial charge in [-0.1, -0.05) is 78.4 Å². The molecule has 1 aliphatic carbocycles. The van der Waals surface area contributed by atoms with E-state index < -0.39 is 0 Å². The van der Waals surface area contributed by atoms with Crippen molar-refractivity contribution >= 4 is 23.4 Å². The quantitative estimate of drug-likeness (QED) is 0.180. The smallest absolute Gasteiger partial charge is 0.269 e. The third-order valence-electron chi connectivity index (χ3n) is 7.05. The Labute approximate surface area is 201 Å². The van der Waals surface area contributed by atoms with Crippen LogP contribution in [0.3, 0.4) is 0 Å². The van der Waals surface area contributed by atoms with E-state index in [2.05, 4.69) is 65.6 Å². The van der Waals surface area contributed by atoms with Crippen molar-refractivity contribution in [1.29, 1.82) is 0 Å². The molecule has 0 spiro atoms. The molecule has 0 N–H and O–H groups in total. The lowest BCUT2D eigenvalue weighted by Gasteiger charge is -2.30. The lowest BCUT2D eigenvalue weighted by molar-refractivity contribution is -0.384. The summed E-state index contributed by atoms with van der Waals surface area (Å²) in [4.78, 5) is 13.1. The van der Waals surface area contributed by atoms with E-state index in [1.54, 1.807) is 17.7 Å². The Kier molecular flexibility index (Phi) is 6.68. The third-order valence-corrected chi connectivity index (χ3v) is 7.05. The maximum Gasteiger partial charge on any atom is 0.269 e. The Morgan fingerprint density at radius 2 is 1.35 bits per heavy atom. The number of piperidine rings is 1. The predicted octanol–water partition coefficient (Wildman–Crippen LogP) is 7.00. The number of nitro groups is 1. The summed E-state index contributed by atoms with van der Waals surface area (Å²) in [5.41, 5.74) is 9.67. The highest BCUT2D eigenvalue weighted by Crippen LogP contribution is 2.38. The summed E-state index contributed by atoms with van der Waals surface area (Å²) in [5.74, 6) is 0. The number of hydrogen-bond donors (Lipinski definition) is 0. The lowest BCUT2D eigenvalue weighted by Crippen LogP contribution is -2.32. The van der Waals surface area contributed by atoms with Crippen LogP contribution in [0.4, 0.5) is 5.69 Å². The zero-order valence-electron chi connectivity index (χ0n) is 19.5. The molecule has 0 unspecified atom stereocenters. The maximum absolute atomic E-state index is 10.8. The minimum absolute atomic E-state index is 0.164. The number of likely N-dealkylation sites (tertiary alicyclic amines) is 1. The van der Waals surface area contributed by atoms with Crippen LogP contribution in [0, 0.1) is 10.1 Å².